The van der Waals surface area contributed by atoms with E-state index in [-0.39, 0.29) is 48.6 Å². The van der Waals surface area contributed by atoms with Crippen molar-refractivity contribution in [3.63, 3.8) is 0 Å². The van der Waals surface area contributed by atoms with Crippen molar-refractivity contribution in [2.24, 2.45) is 23.2 Å². The van der Waals surface area contributed by atoms with Crippen LogP contribution >= 0.6 is 0 Å². The SMILES string of the molecule is COc1ccc(C(OC[C@@H]2CC[C@H](n3cnc4c(N5C(=O)CCC6(C5=O)C5C(C(=O)O)C56)ncnc43)O2)(c2ccccc2)c2ccc(OC)cc2)cc1. The summed E-state index contributed by atoms with van der Waals surface area (Å²) in [6.45, 7) is 0.259. The van der Waals surface area contributed by atoms with Crippen LogP contribution in [0.25, 0.3) is 11.2 Å². The average Bonchev–Trinajstić information content (AvgIpc) is 3.94. The third kappa shape index (κ3) is 5.05. The predicted octanol–water partition coefficient (Wildman–Crippen LogP) is 5.13. The van der Waals surface area contributed by atoms with E-state index in [1.54, 1.807) is 20.5 Å². The second-order valence-corrected chi connectivity index (χ2v) is 14.1. The maximum atomic E-state index is 13.8. The molecule has 0 bridgehead atoms. The third-order valence-corrected chi connectivity index (χ3v) is 11.6. The fourth-order valence-electron chi connectivity index (χ4n) is 8.85. The Morgan fingerprint density at radius 3 is 2.15 bits per heavy atom. The first-order valence-corrected chi connectivity index (χ1v) is 17.7. The fraction of sp³-hybridized carbons (Fsp3) is 0.350. The van der Waals surface area contributed by atoms with Crippen molar-refractivity contribution in [1.82, 2.24) is 19.5 Å². The van der Waals surface area contributed by atoms with Crippen LogP contribution in [0, 0.1) is 23.2 Å². The van der Waals surface area contributed by atoms with Gasteiger partial charge in [-0.3, -0.25) is 19.0 Å². The molecular weight excluding hydrogens is 678 g/mol. The van der Waals surface area contributed by atoms with Crippen molar-refractivity contribution in [2.75, 3.05) is 25.7 Å². The van der Waals surface area contributed by atoms with Gasteiger partial charge >= 0.3 is 5.97 Å². The van der Waals surface area contributed by atoms with Gasteiger partial charge in [0.1, 0.15) is 29.7 Å². The van der Waals surface area contributed by atoms with Crippen LogP contribution < -0.4 is 14.4 Å². The number of anilines is 1. The molecule has 1 N–H and O–H groups in total. The smallest absolute Gasteiger partial charge is 0.307 e. The lowest BCUT2D eigenvalue weighted by Crippen LogP contribution is -2.51. The number of imide groups is 1. The molecule has 2 aliphatic carbocycles. The van der Waals surface area contributed by atoms with E-state index < -0.39 is 29.1 Å². The van der Waals surface area contributed by atoms with Crippen LogP contribution in [0.1, 0.15) is 48.6 Å². The maximum absolute atomic E-state index is 13.8. The topological polar surface area (TPSA) is 155 Å². The van der Waals surface area contributed by atoms with Gasteiger partial charge in [-0.05, 0) is 72.1 Å². The van der Waals surface area contributed by atoms with Crippen molar-refractivity contribution < 1.29 is 38.4 Å². The number of methoxy groups -OCH3 is 2. The number of aromatic nitrogens is 4. The van der Waals surface area contributed by atoms with Crippen LogP contribution in [-0.4, -0.2) is 69.3 Å². The zero-order valence-electron chi connectivity index (χ0n) is 29.1. The summed E-state index contributed by atoms with van der Waals surface area (Å²) in [6, 6.07) is 25.8. The zero-order chi connectivity index (χ0) is 36.5. The molecule has 1 spiro atoms. The molecule has 2 aromatic heterocycles. The Morgan fingerprint density at radius 1 is 0.887 bits per heavy atom. The Bertz CT molecular complexity index is 2170. The molecule has 0 radical (unpaired) electrons. The number of aliphatic carboxylic acids is 1. The molecule has 4 fully saturated rings. The molecule has 13 nitrogen and oxygen atoms in total. The summed E-state index contributed by atoms with van der Waals surface area (Å²) in [5.41, 5.74) is 1.72. The van der Waals surface area contributed by atoms with E-state index in [1.807, 2.05) is 71.3 Å². The number of carbonyl (C=O) groups excluding carboxylic acids is 2. The van der Waals surface area contributed by atoms with Gasteiger partial charge in [0, 0.05) is 6.42 Å². The molecule has 2 amide bonds. The highest BCUT2D eigenvalue weighted by atomic mass is 16.6. The van der Waals surface area contributed by atoms with Gasteiger partial charge in [0.25, 0.3) is 0 Å². The number of nitrogens with zero attached hydrogens (tertiary/aromatic N) is 5. The number of piperidine rings is 1. The van der Waals surface area contributed by atoms with Gasteiger partial charge in [-0.25, -0.2) is 19.9 Å². The fourth-order valence-corrected chi connectivity index (χ4v) is 8.85. The van der Waals surface area contributed by atoms with Gasteiger partial charge in [0.05, 0.1) is 44.6 Å². The quantitative estimate of drug-likeness (QED) is 0.143. The summed E-state index contributed by atoms with van der Waals surface area (Å²) in [6.07, 6.45) is 4.04. The Kier molecular flexibility index (Phi) is 7.82. The van der Waals surface area contributed by atoms with Crippen molar-refractivity contribution in [1.29, 1.82) is 0 Å². The first kappa shape index (κ1) is 33.2. The minimum Gasteiger partial charge on any atom is -0.497 e. The minimum absolute atomic E-state index is 0.116. The van der Waals surface area contributed by atoms with Crippen molar-refractivity contribution >= 4 is 34.8 Å². The molecular formula is C40H37N5O8. The molecule has 2 saturated carbocycles. The van der Waals surface area contributed by atoms with Crippen LogP contribution in [-0.2, 0) is 29.5 Å². The predicted molar refractivity (Wildman–Crippen MR) is 189 cm³/mol. The minimum atomic E-state index is -0.997. The van der Waals surface area contributed by atoms with Crippen molar-refractivity contribution in [2.45, 2.75) is 43.6 Å². The molecule has 2 saturated heterocycles. The Morgan fingerprint density at radius 2 is 1.53 bits per heavy atom. The van der Waals surface area contributed by atoms with Gasteiger partial charge in [0.15, 0.2) is 17.0 Å². The number of fused-ring (bicyclic) bond motifs is 4. The number of hydrogen-bond acceptors (Lipinski definition) is 10. The first-order chi connectivity index (χ1) is 25.8. The van der Waals surface area contributed by atoms with Crippen molar-refractivity contribution in [3.05, 3.63) is 108 Å². The van der Waals surface area contributed by atoms with Crippen molar-refractivity contribution in [3.8, 4) is 11.5 Å². The molecule has 270 valence electrons. The number of carboxylic acid groups (broad SMARTS) is 1. The summed E-state index contributed by atoms with van der Waals surface area (Å²) in [5, 5.41) is 9.47. The summed E-state index contributed by atoms with van der Waals surface area (Å²) in [5.74, 6) is -1.03. The van der Waals surface area contributed by atoms with Gasteiger partial charge in [-0.2, -0.15) is 0 Å². The molecule has 4 aliphatic rings. The highest BCUT2D eigenvalue weighted by Crippen LogP contribution is 2.84. The molecule has 3 aromatic carbocycles. The molecule has 4 atom stereocenters. The monoisotopic (exact) mass is 715 g/mol. The second kappa shape index (κ2) is 12.5. The van der Waals surface area contributed by atoms with Gasteiger partial charge < -0.3 is 24.1 Å². The van der Waals surface area contributed by atoms with E-state index in [0.717, 1.165) is 33.1 Å². The lowest BCUT2D eigenvalue weighted by molar-refractivity contribution is -0.143. The number of carbonyl (C=O) groups is 3. The molecule has 2 aliphatic heterocycles. The molecule has 2 unspecified atom stereocenters. The largest absolute Gasteiger partial charge is 0.497 e. The van der Waals surface area contributed by atoms with Gasteiger partial charge in [-0.1, -0.05) is 54.6 Å². The van der Waals surface area contributed by atoms with Crippen LogP contribution in [0.3, 0.4) is 0 Å². The van der Waals surface area contributed by atoms with E-state index in [2.05, 4.69) is 27.1 Å². The van der Waals surface area contributed by atoms with E-state index in [0.29, 0.717) is 30.4 Å². The lowest BCUT2D eigenvalue weighted by atomic mass is 9.80. The number of hydrogen-bond donors (Lipinski definition) is 1. The van der Waals surface area contributed by atoms with Crippen LogP contribution in [0.15, 0.2) is 91.5 Å². The summed E-state index contributed by atoms with van der Waals surface area (Å²) < 4.78 is 26.4. The molecule has 53 heavy (non-hydrogen) atoms. The number of carboxylic acids is 1. The highest BCUT2D eigenvalue weighted by Gasteiger charge is 2.90. The number of benzene rings is 3. The van der Waals surface area contributed by atoms with Crippen LogP contribution in [0.4, 0.5) is 5.82 Å². The van der Waals surface area contributed by atoms with E-state index in [1.165, 1.54) is 6.33 Å². The Balaban J connectivity index is 0.987. The molecule has 9 rings (SSSR count). The standard InChI is InChI=1S/C40H37N5O8/c1-50-26-12-8-24(9-13-26)40(23-6-4-3-5-7-23,25-10-14-27(51-2)15-11-25)52-20-28-16-17-30(53-28)44-22-43-34-35(44)41-21-42-36(34)45-29(46)18-19-39(38(45)49)32-31(33(32)39)37(47)48/h3-15,21-22,28,30-33H,16-20H2,1-2H3,(H,47,48)/t28-,30+,31?,32?,33?,39?/m0/s1. The number of rotatable bonds is 11. The molecule has 4 heterocycles. The summed E-state index contributed by atoms with van der Waals surface area (Å²) in [4.78, 5) is 53.0. The normalized spacial score (nSPS) is 26.2. The number of amides is 2. The second-order valence-electron chi connectivity index (χ2n) is 14.1. The molecule has 13 heteroatoms. The average molecular weight is 716 g/mol. The van der Waals surface area contributed by atoms with Gasteiger partial charge in [0.2, 0.25) is 11.8 Å². The van der Waals surface area contributed by atoms with E-state index >= 15 is 0 Å². The van der Waals surface area contributed by atoms with Crippen LogP contribution in [0.5, 0.6) is 11.5 Å². The Hall–Kier alpha value is -5.66. The highest BCUT2D eigenvalue weighted by molar-refractivity contribution is 6.22. The number of imidazole rings is 1. The summed E-state index contributed by atoms with van der Waals surface area (Å²) in [7, 11) is 3.28. The first-order valence-electron chi connectivity index (χ1n) is 17.7. The lowest BCUT2D eigenvalue weighted by Gasteiger charge is -2.37. The van der Waals surface area contributed by atoms with E-state index in [9.17, 15) is 19.5 Å². The maximum Gasteiger partial charge on any atom is 0.307 e. The third-order valence-electron chi connectivity index (χ3n) is 11.6. The van der Waals surface area contributed by atoms with Crippen LogP contribution in [0.2, 0.25) is 0 Å². The zero-order valence-corrected chi connectivity index (χ0v) is 29.1. The van der Waals surface area contributed by atoms with E-state index in [4.69, 9.17) is 18.9 Å². The molecule has 5 aromatic rings. The Labute approximate surface area is 304 Å². The number of ether oxygens (including phenoxy) is 4. The summed E-state index contributed by atoms with van der Waals surface area (Å²) >= 11 is 0. The van der Waals surface area contributed by atoms with Gasteiger partial charge in [-0.15, -0.1) is 0 Å².